The van der Waals surface area contributed by atoms with Gasteiger partial charge < -0.3 is 23.9 Å². The molecule has 8 nitrogen and oxygen atoms in total. The Hall–Kier alpha value is -3.94. The molecular formula is C21H18N2O6. The summed E-state index contributed by atoms with van der Waals surface area (Å²) in [7, 11) is 2.99. The highest BCUT2D eigenvalue weighted by Crippen LogP contribution is 2.30. The maximum absolute atomic E-state index is 13.2. The molecular weight excluding hydrogens is 376 g/mol. The number of methoxy groups -OCH3 is 2. The third kappa shape index (κ3) is 3.25. The Kier molecular flexibility index (Phi) is 4.82. The molecule has 0 aliphatic heterocycles. The fourth-order valence-corrected chi connectivity index (χ4v) is 3.10. The molecule has 0 amide bonds. The zero-order valence-corrected chi connectivity index (χ0v) is 15.8. The van der Waals surface area contributed by atoms with Crippen molar-refractivity contribution in [1.82, 2.24) is 4.73 Å². The normalized spacial score (nSPS) is 10.8. The highest BCUT2D eigenvalue weighted by atomic mass is 16.7. The van der Waals surface area contributed by atoms with Crippen LogP contribution in [0.3, 0.4) is 0 Å². The van der Waals surface area contributed by atoms with E-state index in [1.807, 2.05) is 0 Å². The summed E-state index contributed by atoms with van der Waals surface area (Å²) < 4.78 is 17.5. The number of benzene rings is 2. The topological polar surface area (TPSA) is 89.8 Å². The Morgan fingerprint density at radius 2 is 1.83 bits per heavy atom. The van der Waals surface area contributed by atoms with Crippen molar-refractivity contribution in [1.29, 1.82) is 0 Å². The van der Waals surface area contributed by atoms with Gasteiger partial charge in [-0.25, -0.2) is 0 Å². The lowest BCUT2D eigenvalue weighted by Gasteiger charge is -2.14. The van der Waals surface area contributed by atoms with Crippen LogP contribution in [-0.4, -0.2) is 19.0 Å². The van der Waals surface area contributed by atoms with E-state index in [1.165, 1.54) is 20.5 Å². The molecule has 0 aliphatic rings. The molecule has 148 valence electrons. The van der Waals surface area contributed by atoms with Gasteiger partial charge in [0.2, 0.25) is 5.52 Å². The van der Waals surface area contributed by atoms with E-state index < -0.39 is 5.56 Å². The van der Waals surface area contributed by atoms with E-state index in [1.54, 1.807) is 54.6 Å². The molecule has 2 heterocycles. The van der Waals surface area contributed by atoms with E-state index in [9.17, 15) is 10.0 Å². The molecule has 0 saturated heterocycles. The van der Waals surface area contributed by atoms with Gasteiger partial charge in [0.05, 0.1) is 26.0 Å². The number of rotatable bonds is 6. The summed E-state index contributed by atoms with van der Waals surface area (Å²) in [6.07, 6.45) is 1.52. The molecule has 29 heavy (non-hydrogen) atoms. The zero-order valence-electron chi connectivity index (χ0n) is 15.8. The molecule has 4 aromatic rings. The highest BCUT2D eigenvalue weighted by molar-refractivity contribution is 5.73. The summed E-state index contributed by atoms with van der Waals surface area (Å²) in [6.45, 7) is 0.0329. The van der Waals surface area contributed by atoms with Gasteiger partial charge in [-0.05, 0) is 36.4 Å². The molecule has 0 atom stereocenters. The van der Waals surface area contributed by atoms with E-state index in [0.717, 1.165) is 4.73 Å². The second-order valence-corrected chi connectivity index (χ2v) is 6.15. The van der Waals surface area contributed by atoms with Gasteiger partial charge in [0.25, 0.3) is 5.69 Å². The average Bonchev–Trinajstić information content (AvgIpc) is 3.27. The summed E-state index contributed by atoms with van der Waals surface area (Å²) >= 11 is 0. The van der Waals surface area contributed by atoms with Crippen LogP contribution in [0.15, 0.2) is 70.1 Å². The molecule has 0 fully saturated rings. The predicted molar refractivity (Wildman–Crippen MR) is 105 cm³/mol. The summed E-state index contributed by atoms with van der Waals surface area (Å²) in [5.41, 5.74) is 0.324. The monoisotopic (exact) mass is 394 g/mol. The molecule has 0 bridgehead atoms. The standard InChI is InChI=1S/C21H18N2O6/c1-26-18-10-9-14(12-19(18)27-2)20-21(24)23(29-13-15-6-5-11-28-15)17-8-4-3-7-16(17)22(20)25/h3-12H,13H2,1-2H3. The number of hydrogen-bond donors (Lipinski definition) is 0. The van der Waals surface area contributed by atoms with Gasteiger partial charge >= 0.3 is 5.56 Å². The number of nitrogens with zero attached hydrogens (tertiary/aromatic N) is 2. The second kappa shape index (κ2) is 7.59. The smallest absolute Gasteiger partial charge is 0.357 e. The average molecular weight is 394 g/mol. The van der Waals surface area contributed by atoms with Gasteiger partial charge in [0.1, 0.15) is 5.76 Å². The zero-order chi connectivity index (χ0) is 20.4. The molecule has 0 aliphatic carbocycles. The van der Waals surface area contributed by atoms with Gasteiger partial charge in [-0.15, -0.1) is 4.73 Å². The minimum absolute atomic E-state index is 0.0329. The Labute approximate surface area is 165 Å². The largest absolute Gasteiger partial charge is 0.618 e. The van der Waals surface area contributed by atoms with Crippen molar-refractivity contribution in [2.24, 2.45) is 0 Å². The lowest BCUT2D eigenvalue weighted by molar-refractivity contribution is -0.566. The van der Waals surface area contributed by atoms with Crippen molar-refractivity contribution in [3.8, 4) is 22.8 Å². The molecule has 8 heteroatoms. The lowest BCUT2D eigenvalue weighted by atomic mass is 10.1. The van der Waals surface area contributed by atoms with E-state index >= 15 is 0 Å². The predicted octanol–water partition coefficient (Wildman–Crippen LogP) is 2.54. The highest BCUT2D eigenvalue weighted by Gasteiger charge is 2.24. The van der Waals surface area contributed by atoms with Crippen molar-refractivity contribution in [3.63, 3.8) is 0 Å². The number of furan rings is 1. The Balaban J connectivity index is 1.91. The van der Waals surface area contributed by atoms with Crippen molar-refractivity contribution < 1.29 is 23.5 Å². The summed E-state index contributed by atoms with van der Waals surface area (Å²) in [4.78, 5) is 18.9. The quantitative estimate of drug-likeness (QED) is 0.369. The third-order valence-corrected chi connectivity index (χ3v) is 4.48. The molecule has 0 saturated carbocycles. The Bertz CT molecular complexity index is 1210. The Morgan fingerprint density at radius 3 is 2.55 bits per heavy atom. The number of hydrogen-bond acceptors (Lipinski definition) is 6. The lowest BCUT2D eigenvalue weighted by Crippen LogP contribution is -2.42. The third-order valence-electron chi connectivity index (χ3n) is 4.48. The number of aromatic nitrogens is 2. The van der Waals surface area contributed by atoms with Crippen LogP contribution in [0.1, 0.15) is 5.76 Å². The maximum Gasteiger partial charge on any atom is 0.357 e. The minimum atomic E-state index is -0.600. The molecule has 0 spiro atoms. The van der Waals surface area contributed by atoms with E-state index in [4.69, 9.17) is 18.7 Å². The van der Waals surface area contributed by atoms with Crippen LogP contribution in [0.5, 0.6) is 11.5 Å². The molecule has 0 unspecified atom stereocenters. The molecule has 4 rings (SSSR count). The van der Waals surface area contributed by atoms with Crippen LogP contribution in [0, 0.1) is 5.21 Å². The van der Waals surface area contributed by atoms with Crippen LogP contribution >= 0.6 is 0 Å². The van der Waals surface area contributed by atoms with Crippen LogP contribution < -0.4 is 24.6 Å². The summed E-state index contributed by atoms with van der Waals surface area (Å²) in [5.74, 6) is 1.44. The first-order valence-electron chi connectivity index (χ1n) is 8.79. The first-order chi connectivity index (χ1) is 14.1. The second-order valence-electron chi connectivity index (χ2n) is 6.15. The van der Waals surface area contributed by atoms with Crippen LogP contribution in [0.2, 0.25) is 0 Å². The first-order valence-corrected chi connectivity index (χ1v) is 8.79. The molecule has 0 N–H and O–H groups in total. The van der Waals surface area contributed by atoms with Crippen LogP contribution in [-0.2, 0) is 6.61 Å². The minimum Gasteiger partial charge on any atom is -0.618 e. The molecule has 0 radical (unpaired) electrons. The van der Waals surface area contributed by atoms with E-state index in [2.05, 4.69) is 0 Å². The number of ether oxygens (including phenoxy) is 2. The maximum atomic E-state index is 13.2. The van der Waals surface area contributed by atoms with Crippen molar-refractivity contribution in [2.45, 2.75) is 6.61 Å². The fraction of sp³-hybridized carbons (Fsp3) is 0.143. The summed E-state index contributed by atoms with van der Waals surface area (Å²) in [5, 5.41) is 13.0. The fourth-order valence-electron chi connectivity index (χ4n) is 3.10. The van der Waals surface area contributed by atoms with Gasteiger partial charge in [0.15, 0.2) is 23.6 Å². The number of para-hydroxylation sites is 2. The van der Waals surface area contributed by atoms with Gasteiger partial charge in [-0.3, -0.25) is 4.79 Å². The first kappa shape index (κ1) is 18.4. The SMILES string of the molecule is COc1ccc(-c2c(=O)n(OCc3ccco3)c3ccccc3[n+]2[O-])cc1OC. The number of fused-ring (bicyclic) bond motifs is 1. The van der Waals surface area contributed by atoms with Crippen LogP contribution in [0.4, 0.5) is 0 Å². The van der Waals surface area contributed by atoms with Gasteiger partial charge in [-0.2, -0.15) is 4.73 Å². The van der Waals surface area contributed by atoms with Gasteiger partial charge in [-0.1, -0.05) is 12.1 Å². The van der Waals surface area contributed by atoms with Crippen molar-refractivity contribution in [3.05, 3.63) is 82.2 Å². The van der Waals surface area contributed by atoms with E-state index in [-0.39, 0.29) is 17.8 Å². The van der Waals surface area contributed by atoms with E-state index in [0.29, 0.717) is 33.1 Å². The van der Waals surface area contributed by atoms with Gasteiger partial charge in [0, 0.05) is 6.07 Å². The summed E-state index contributed by atoms with van der Waals surface area (Å²) in [6, 6.07) is 15.0. The van der Waals surface area contributed by atoms with Crippen molar-refractivity contribution in [2.75, 3.05) is 14.2 Å². The Morgan fingerprint density at radius 1 is 1.03 bits per heavy atom. The molecule has 2 aromatic carbocycles. The van der Waals surface area contributed by atoms with Crippen LogP contribution in [0.25, 0.3) is 22.3 Å². The molecule has 2 aromatic heterocycles. The van der Waals surface area contributed by atoms with Crippen molar-refractivity contribution >= 4 is 11.0 Å².